The molecule has 0 radical (unpaired) electrons. The van der Waals surface area contributed by atoms with Crippen LogP contribution in [0, 0.1) is 5.92 Å². The van der Waals surface area contributed by atoms with Crippen molar-refractivity contribution in [3.05, 3.63) is 12.2 Å². The lowest BCUT2D eigenvalue weighted by Gasteiger charge is -2.32. The monoisotopic (exact) mass is 376 g/mol. The zero-order valence-electron chi connectivity index (χ0n) is 15.7. The Morgan fingerprint density at radius 2 is 1.88 bits per heavy atom. The average molecular weight is 377 g/mol. The highest BCUT2D eigenvalue weighted by molar-refractivity contribution is 6.21. The van der Waals surface area contributed by atoms with E-state index in [9.17, 15) is 14.0 Å². The lowest BCUT2D eigenvalue weighted by molar-refractivity contribution is -0.123. The third kappa shape index (κ3) is 7.63. The van der Waals surface area contributed by atoms with Gasteiger partial charge in [-0.3, -0.25) is 4.79 Å². The van der Waals surface area contributed by atoms with Gasteiger partial charge in [-0.2, -0.15) is 0 Å². The smallest absolute Gasteiger partial charge is 0.407 e. The van der Waals surface area contributed by atoms with E-state index in [2.05, 4.69) is 17.2 Å². The third-order valence-electron chi connectivity index (χ3n) is 3.97. The van der Waals surface area contributed by atoms with Crippen LogP contribution in [0.25, 0.3) is 0 Å². The van der Waals surface area contributed by atoms with Crippen molar-refractivity contribution in [3.8, 4) is 0 Å². The fraction of sp³-hybridized carbons (Fsp3) is 0.778. The summed E-state index contributed by atoms with van der Waals surface area (Å²) in [5.74, 6) is -0.415. The van der Waals surface area contributed by atoms with Gasteiger partial charge in [-0.1, -0.05) is 6.58 Å². The number of ether oxygens (including phenoxy) is 1. The molecule has 3 atom stereocenters. The number of hydrogen-bond acceptors (Lipinski definition) is 3. The van der Waals surface area contributed by atoms with Crippen LogP contribution in [0.15, 0.2) is 12.2 Å². The molecule has 0 heterocycles. The van der Waals surface area contributed by atoms with E-state index in [-0.39, 0.29) is 24.8 Å². The molecule has 1 aliphatic carbocycles. The fourth-order valence-electron chi connectivity index (χ4n) is 2.69. The second-order valence-electron chi connectivity index (χ2n) is 8.26. The number of nitrogens with one attached hydrogen (secondary N) is 2. The van der Waals surface area contributed by atoms with E-state index in [0.717, 1.165) is 0 Å². The summed E-state index contributed by atoms with van der Waals surface area (Å²) in [5.41, 5.74) is -0.845. The Bertz CT molecular complexity index is 517. The first-order valence-electron chi connectivity index (χ1n) is 8.55. The van der Waals surface area contributed by atoms with Crippen LogP contribution in [0.1, 0.15) is 53.9 Å². The van der Waals surface area contributed by atoms with Crippen molar-refractivity contribution in [1.29, 1.82) is 0 Å². The zero-order valence-corrected chi connectivity index (χ0v) is 16.5. The number of alkyl carbamates (subject to hydrolysis) is 1. The molecule has 0 spiro atoms. The summed E-state index contributed by atoms with van der Waals surface area (Å²) in [6, 6.07) is 0. The highest BCUT2D eigenvalue weighted by Crippen LogP contribution is 2.35. The molecule has 0 saturated heterocycles. The van der Waals surface area contributed by atoms with Crippen LogP contribution in [0.5, 0.6) is 0 Å². The number of allylic oxidation sites excluding steroid dienone is 1. The Hall–Kier alpha value is -1.30. The molecule has 2 N–H and O–H groups in total. The highest BCUT2D eigenvalue weighted by atomic mass is 35.5. The van der Waals surface area contributed by atoms with Gasteiger partial charge in [0.15, 0.2) is 0 Å². The zero-order chi connectivity index (χ0) is 19.4. The second kappa shape index (κ2) is 8.39. The molecule has 144 valence electrons. The maximum atomic E-state index is 13.9. The molecule has 0 aliphatic heterocycles. The van der Waals surface area contributed by atoms with Crippen molar-refractivity contribution in [2.24, 2.45) is 5.92 Å². The lowest BCUT2D eigenvalue weighted by atomic mass is 9.81. The molecule has 1 aliphatic rings. The first-order valence-corrected chi connectivity index (χ1v) is 8.99. The topological polar surface area (TPSA) is 67.4 Å². The van der Waals surface area contributed by atoms with E-state index in [1.54, 1.807) is 34.6 Å². The standard InChI is InChI=1S/C18H30ClFN2O3/c1-11-12(7-8-13(19)15(11)20)9-14(23)22-18(5,6)10-21-16(24)25-17(2,3)4/h12-13,15H,1,7-10H2,2-6H3,(H,21,24)(H,22,23). The molecule has 3 unspecified atom stereocenters. The molecule has 0 bridgehead atoms. The van der Waals surface area contributed by atoms with Crippen LogP contribution in [0.3, 0.4) is 0 Å². The van der Waals surface area contributed by atoms with E-state index in [4.69, 9.17) is 16.3 Å². The fourth-order valence-corrected chi connectivity index (χ4v) is 2.97. The minimum Gasteiger partial charge on any atom is -0.444 e. The molecule has 25 heavy (non-hydrogen) atoms. The van der Waals surface area contributed by atoms with Crippen LogP contribution < -0.4 is 10.6 Å². The molecule has 1 saturated carbocycles. The van der Waals surface area contributed by atoms with Gasteiger partial charge in [0, 0.05) is 13.0 Å². The summed E-state index contributed by atoms with van der Waals surface area (Å²) in [6.07, 6.45) is -0.460. The third-order valence-corrected chi connectivity index (χ3v) is 4.41. The van der Waals surface area contributed by atoms with Gasteiger partial charge >= 0.3 is 6.09 Å². The Morgan fingerprint density at radius 3 is 2.44 bits per heavy atom. The minimum absolute atomic E-state index is 0.165. The molecular formula is C18H30ClFN2O3. The molecule has 7 heteroatoms. The summed E-state index contributed by atoms with van der Waals surface area (Å²) < 4.78 is 19.1. The van der Waals surface area contributed by atoms with Crippen molar-refractivity contribution in [3.63, 3.8) is 0 Å². The first kappa shape index (κ1) is 21.7. The van der Waals surface area contributed by atoms with Crippen LogP contribution in [-0.2, 0) is 9.53 Å². The van der Waals surface area contributed by atoms with Gasteiger partial charge in [0.25, 0.3) is 0 Å². The summed E-state index contributed by atoms with van der Waals surface area (Å²) in [5, 5.41) is 4.95. The lowest BCUT2D eigenvalue weighted by Crippen LogP contribution is -2.52. The molecule has 1 rings (SSSR count). The average Bonchev–Trinajstić information content (AvgIpc) is 2.44. The number of carbonyl (C=O) groups is 2. The van der Waals surface area contributed by atoms with Crippen molar-refractivity contribution < 1.29 is 18.7 Å². The second-order valence-corrected chi connectivity index (χ2v) is 8.82. The normalized spacial score (nSPS) is 24.6. The van der Waals surface area contributed by atoms with Gasteiger partial charge in [0.2, 0.25) is 5.91 Å². The molecule has 5 nitrogen and oxygen atoms in total. The van der Waals surface area contributed by atoms with Gasteiger partial charge in [-0.25, -0.2) is 9.18 Å². The van der Waals surface area contributed by atoms with E-state index < -0.39 is 28.8 Å². The predicted octanol–water partition coefficient (Wildman–Crippen LogP) is 3.71. The van der Waals surface area contributed by atoms with Gasteiger partial charge in [-0.15, -0.1) is 11.6 Å². The number of amides is 2. The molecular weight excluding hydrogens is 347 g/mol. The van der Waals surface area contributed by atoms with Crippen LogP contribution in [0.2, 0.25) is 0 Å². The number of rotatable bonds is 5. The number of halogens is 2. The number of alkyl halides is 2. The van der Waals surface area contributed by atoms with E-state index in [1.165, 1.54) is 0 Å². The summed E-state index contributed by atoms with van der Waals surface area (Å²) in [7, 11) is 0. The first-order chi connectivity index (χ1) is 11.3. The van der Waals surface area contributed by atoms with Gasteiger partial charge in [0.05, 0.1) is 10.9 Å². The SMILES string of the molecule is C=C1C(CC(=O)NC(C)(C)CNC(=O)OC(C)(C)C)CCC(Cl)C1F. The van der Waals surface area contributed by atoms with Crippen LogP contribution in [0.4, 0.5) is 9.18 Å². The number of hydrogen-bond donors (Lipinski definition) is 2. The molecule has 2 amide bonds. The van der Waals surface area contributed by atoms with Gasteiger partial charge < -0.3 is 15.4 Å². The van der Waals surface area contributed by atoms with Crippen molar-refractivity contribution in [2.75, 3.05) is 6.54 Å². The largest absolute Gasteiger partial charge is 0.444 e. The summed E-state index contributed by atoms with van der Waals surface area (Å²) in [6.45, 7) is 12.9. The van der Waals surface area contributed by atoms with Crippen molar-refractivity contribution in [1.82, 2.24) is 10.6 Å². The molecule has 0 aromatic heterocycles. The maximum Gasteiger partial charge on any atom is 0.407 e. The summed E-state index contributed by atoms with van der Waals surface area (Å²) >= 11 is 5.90. The molecule has 0 aromatic carbocycles. The quantitative estimate of drug-likeness (QED) is 0.567. The summed E-state index contributed by atoms with van der Waals surface area (Å²) in [4.78, 5) is 24.0. The van der Waals surface area contributed by atoms with E-state index in [1.807, 2.05) is 0 Å². The molecule has 0 aromatic rings. The molecule has 1 fully saturated rings. The number of carbonyl (C=O) groups excluding carboxylic acids is 2. The van der Waals surface area contributed by atoms with Crippen LogP contribution >= 0.6 is 11.6 Å². The predicted molar refractivity (Wildman–Crippen MR) is 97.5 cm³/mol. The maximum absolute atomic E-state index is 13.9. The van der Waals surface area contributed by atoms with E-state index in [0.29, 0.717) is 18.4 Å². The Labute approximate surface area is 154 Å². The van der Waals surface area contributed by atoms with Gasteiger partial charge in [-0.05, 0) is 59.0 Å². The minimum atomic E-state index is -1.27. The van der Waals surface area contributed by atoms with Crippen molar-refractivity contribution >= 4 is 23.6 Å². The van der Waals surface area contributed by atoms with Gasteiger partial charge in [0.1, 0.15) is 11.8 Å². The Balaban J connectivity index is 2.47. The highest BCUT2D eigenvalue weighted by Gasteiger charge is 2.34. The Kier molecular flexibility index (Phi) is 7.29. The van der Waals surface area contributed by atoms with Crippen molar-refractivity contribution in [2.45, 2.75) is 76.6 Å². The Morgan fingerprint density at radius 1 is 1.28 bits per heavy atom. The van der Waals surface area contributed by atoms with E-state index >= 15 is 0 Å². The van der Waals surface area contributed by atoms with Crippen LogP contribution in [-0.4, -0.2) is 41.2 Å².